The van der Waals surface area contributed by atoms with E-state index in [0.717, 1.165) is 11.3 Å². The van der Waals surface area contributed by atoms with Crippen molar-refractivity contribution < 1.29 is 32.5 Å². The Kier molecular flexibility index (Phi) is 7.84. The van der Waals surface area contributed by atoms with E-state index in [1.807, 2.05) is 12.1 Å². The van der Waals surface area contributed by atoms with Gasteiger partial charge in [0.2, 0.25) is 5.91 Å². The number of amides is 1. The summed E-state index contributed by atoms with van der Waals surface area (Å²) in [6, 6.07) is 7.22. The van der Waals surface area contributed by atoms with E-state index in [-0.39, 0.29) is 13.0 Å². The number of halogens is 3. The Morgan fingerprint density at radius 2 is 1.96 bits per heavy atom. The van der Waals surface area contributed by atoms with E-state index in [0.29, 0.717) is 6.61 Å². The molecule has 0 fully saturated rings. The van der Waals surface area contributed by atoms with E-state index in [1.165, 1.54) is 0 Å². The molecule has 5 nitrogen and oxygen atoms in total. The van der Waals surface area contributed by atoms with Crippen molar-refractivity contribution in [2.24, 2.45) is 0 Å². The number of hydrogen-bond donors (Lipinski definition) is 2. The van der Waals surface area contributed by atoms with Crippen molar-refractivity contribution in [2.45, 2.75) is 31.7 Å². The van der Waals surface area contributed by atoms with E-state index in [1.54, 1.807) is 19.2 Å². The van der Waals surface area contributed by atoms with Crippen LogP contribution in [0.3, 0.4) is 0 Å². The molecule has 0 heterocycles. The van der Waals surface area contributed by atoms with Gasteiger partial charge in [0.05, 0.1) is 32.8 Å². The van der Waals surface area contributed by atoms with Gasteiger partial charge in [-0.05, 0) is 17.7 Å². The number of ether oxygens (including phenoxy) is 2. The second-order valence-corrected chi connectivity index (χ2v) is 4.93. The third kappa shape index (κ3) is 9.04. The highest BCUT2D eigenvalue weighted by atomic mass is 19.4. The SMILES string of the molecule is COc1ccc(COCCC(=O)NCC(O)CC(F)(F)F)cc1. The minimum Gasteiger partial charge on any atom is -0.497 e. The first-order chi connectivity index (χ1) is 10.8. The molecule has 0 aromatic heterocycles. The number of carbonyl (C=O) groups excluding carboxylic acids is 1. The quantitative estimate of drug-likeness (QED) is 0.678. The van der Waals surface area contributed by atoms with Gasteiger partial charge in [-0.15, -0.1) is 0 Å². The van der Waals surface area contributed by atoms with Gasteiger partial charge in [0.1, 0.15) is 5.75 Å². The summed E-state index contributed by atoms with van der Waals surface area (Å²) in [6.45, 7) is 0.0119. The van der Waals surface area contributed by atoms with E-state index in [9.17, 15) is 18.0 Å². The van der Waals surface area contributed by atoms with E-state index < -0.39 is 31.2 Å². The molecule has 1 rings (SSSR count). The molecule has 0 radical (unpaired) electrons. The lowest BCUT2D eigenvalue weighted by Gasteiger charge is -2.13. The second kappa shape index (κ2) is 9.36. The van der Waals surface area contributed by atoms with Crippen LogP contribution in [0, 0.1) is 0 Å². The molecule has 1 atom stereocenters. The smallest absolute Gasteiger partial charge is 0.391 e. The largest absolute Gasteiger partial charge is 0.497 e. The third-order valence-electron chi connectivity index (χ3n) is 2.90. The minimum atomic E-state index is -4.45. The maximum absolute atomic E-state index is 12.0. The fraction of sp³-hybridized carbons (Fsp3) is 0.533. The predicted molar refractivity (Wildman–Crippen MR) is 77.0 cm³/mol. The molecule has 1 unspecified atom stereocenters. The maximum Gasteiger partial charge on any atom is 0.391 e. The van der Waals surface area contributed by atoms with Crippen LogP contribution in [0.15, 0.2) is 24.3 Å². The molecule has 23 heavy (non-hydrogen) atoms. The molecular formula is C15H20F3NO4. The Hall–Kier alpha value is -1.80. The number of carbonyl (C=O) groups is 1. The Balaban J connectivity index is 2.14. The van der Waals surface area contributed by atoms with Crippen molar-refractivity contribution in [1.29, 1.82) is 0 Å². The van der Waals surface area contributed by atoms with Crippen molar-refractivity contribution >= 4 is 5.91 Å². The molecule has 0 aliphatic rings. The normalized spacial score (nSPS) is 12.7. The van der Waals surface area contributed by atoms with Gasteiger partial charge in [-0.25, -0.2) is 0 Å². The fourth-order valence-electron chi connectivity index (χ4n) is 1.74. The lowest BCUT2D eigenvalue weighted by molar-refractivity contribution is -0.153. The van der Waals surface area contributed by atoms with Crippen LogP contribution in [0.2, 0.25) is 0 Å². The van der Waals surface area contributed by atoms with Gasteiger partial charge in [-0.2, -0.15) is 13.2 Å². The lowest BCUT2D eigenvalue weighted by atomic mass is 10.2. The monoisotopic (exact) mass is 335 g/mol. The van der Waals surface area contributed by atoms with Crippen molar-refractivity contribution in [3.63, 3.8) is 0 Å². The van der Waals surface area contributed by atoms with Crippen LogP contribution in [0.1, 0.15) is 18.4 Å². The van der Waals surface area contributed by atoms with Crippen LogP contribution in [-0.2, 0) is 16.1 Å². The summed E-state index contributed by atoms with van der Waals surface area (Å²) in [5, 5.41) is 11.4. The van der Waals surface area contributed by atoms with Crippen molar-refractivity contribution in [1.82, 2.24) is 5.32 Å². The number of methoxy groups -OCH3 is 1. The van der Waals surface area contributed by atoms with Crippen LogP contribution >= 0.6 is 0 Å². The van der Waals surface area contributed by atoms with Crippen molar-refractivity contribution in [2.75, 3.05) is 20.3 Å². The van der Waals surface area contributed by atoms with E-state index in [4.69, 9.17) is 14.6 Å². The molecule has 0 bridgehead atoms. The number of benzene rings is 1. The van der Waals surface area contributed by atoms with Crippen LogP contribution < -0.4 is 10.1 Å². The number of nitrogens with one attached hydrogen (secondary N) is 1. The molecule has 0 aliphatic carbocycles. The van der Waals surface area contributed by atoms with E-state index in [2.05, 4.69) is 5.32 Å². The van der Waals surface area contributed by atoms with Crippen LogP contribution in [0.25, 0.3) is 0 Å². The van der Waals surface area contributed by atoms with Gasteiger partial charge >= 0.3 is 6.18 Å². The van der Waals surface area contributed by atoms with Gasteiger partial charge in [0, 0.05) is 13.0 Å². The molecule has 1 aromatic carbocycles. The Bertz CT molecular complexity index is 477. The number of alkyl halides is 3. The molecule has 2 N–H and O–H groups in total. The van der Waals surface area contributed by atoms with Gasteiger partial charge in [0.25, 0.3) is 0 Å². The number of aliphatic hydroxyl groups excluding tert-OH is 1. The Labute approximate surface area is 132 Å². The highest BCUT2D eigenvalue weighted by Gasteiger charge is 2.31. The third-order valence-corrected chi connectivity index (χ3v) is 2.90. The average molecular weight is 335 g/mol. The highest BCUT2D eigenvalue weighted by Crippen LogP contribution is 2.21. The summed E-state index contributed by atoms with van der Waals surface area (Å²) >= 11 is 0. The molecule has 0 saturated carbocycles. The molecule has 0 aliphatic heterocycles. The molecule has 0 spiro atoms. The summed E-state index contributed by atoms with van der Waals surface area (Å²) in [7, 11) is 1.57. The predicted octanol–water partition coefficient (Wildman–Crippen LogP) is 2.03. The molecule has 1 aromatic rings. The molecule has 130 valence electrons. The van der Waals surface area contributed by atoms with Gasteiger partial charge < -0.3 is 19.9 Å². The summed E-state index contributed by atoms with van der Waals surface area (Å²) in [4.78, 5) is 11.4. The Morgan fingerprint density at radius 3 is 2.52 bits per heavy atom. The fourth-order valence-corrected chi connectivity index (χ4v) is 1.74. The standard InChI is InChI=1S/C15H20F3NO4/c1-22-13-4-2-11(3-5-13)10-23-7-6-14(21)19-9-12(20)8-15(16,17)18/h2-5,12,20H,6-10H2,1H3,(H,19,21). The zero-order valence-corrected chi connectivity index (χ0v) is 12.7. The molecule has 1 amide bonds. The summed E-state index contributed by atoms with van der Waals surface area (Å²) < 4.78 is 46.3. The van der Waals surface area contributed by atoms with Crippen molar-refractivity contribution in [3.05, 3.63) is 29.8 Å². The first-order valence-electron chi connectivity index (χ1n) is 7.02. The number of hydrogen-bond acceptors (Lipinski definition) is 4. The van der Waals surface area contributed by atoms with Crippen LogP contribution in [0.4, 0.5) is 13.2 Å². The summed E-state index contributed by atoms with van der Waals surface area (Å²) in [5.41, 5.74) is 0.909. The van der Waals surface area contributed by atoms with Crippen LogP contribution in [0.5, 0.6) is 5.75 Å². The Morgan fingerprint density at radius 1 is 1.30 bits per heavy atom. The van der Waals surface area contributed by atoms with Gasteiger partial charge in [-0.3, -0.25) is 4.79 Å². The van der Waals surface area contributed by atoms with Crippen LogP contribution in [-0.4, -0.2) is 43.6 Å². The number of aliphatic hydroxyl groups is 1. The zero-order valence-electron chi connectivity index (χ0n) is 12.7. The second-order valence-electron chi connectivity index (χ2n) is 4.93. The minimum absolute atomic E-state index is 0.00882. The zero-order chi connectivity index (χ0) is 17.3. The molecular weight excluding hydrogens is 315 g/mol. The highest BCUT2D eigenvalue weighted by molar-refractivity contribution is 5.75. The summed E-state index contributed by atoms with van der Waals surface area (Å²) in [6.07, 6.45) is -7.43. The van der Waals surface area contributed by atoms with Gasteiger partial charge in [-0.1, -0.05) is 12.1 Å². The number of rotatable bonds is 9. The first-order valence-corrected chi connectivity index (χ1v) is 7.02. The maximum atomic E-state index is 12.0. The lowest BCUT2D eigenvalue weighted by Crippen LogP contribution is -2.35. The molecule has 8 heteroatoms. The van der Waals surface area contributed by atoms with Crippen molar-refractivity contribution in [3.8, 4) is 5.75 Å². The summed E-state index contributed by atoms with van der Waals surface area (Å²) in [5.74, 6) is 0.256. The average Bonchev–Trinajstić information content (AvgIpc) is 2.48. The first kappa shape index (κ1) is 19.2. The molecule has 0 saturated heterocycles. The van der Waals surface area contributed by atoms with E-state index >= 15 is 0 Å². The topological polar surface area (TPSA) is 67.8 Å². The van der Waals surface area contributed by atoms with Gasteiger partial charge in [0.15, 0.2) is 0 Å².